The van der Waals surface area contributed by atoms with Crippen molar-refractivity contribution in [3.63, 3.8) is 0 Å². The molecule has 0 heterocycles. The fourth-order valence-electron chi connectivity index (χ4n) is 0.443. The van der Waals surface area contributed by atoms with Crippen molar-refractivity contribution in [2.24, 2.45) is 0 Å². The number of carbonyl (C=O) groups is 1. The van der Waals surface area contributed by atoms with E-state index in [-0.39, 0.29) is 12.4 Å². The predicted octanol–water partition coefficient (Wildman–Crippen LogP) is 1.00. The van der Waals surface area contributed by atoms with E-state index in [0.717, 1.165) is 12.8 Å². The summed E-state index contributed by atoms with van der Waals surface area (Å²) in [4.78, 5) is 10.0. The molecule has 0 saturated carbocycles. The maximum Gasteiger partial charge on any atom is 0.129 e. The summed E-state index contributed by atoms with van der Waals surface area (Å²) in [5.41, 5.74) is 0. The van der Waals surface area contributed by atoms with Crippen LogP contribution in [0.25, 0.3) is 0 Å². The molecule has 0 fully saturated rings. The Labute approximate surface area is 68.4 Å². The molecule has 3 nitrogen and oxygen atoms in total. The minimum Gasteiger partial charge on any atom is -0.394 e. The first-order chi connectivity index (χ1) is 5.18. The van der Waals surface area contributed by atoms with Gasteiger partial charge in [0.1, 0.15) is 5.78 Å². The van der Waals surface area contributed by atoms with E-state index in [0.29, 0.717) is 6.61 Å². The Morgan fingerprint density at radius 3 is 2.09 bits per heavy atom. The van der Waals surface area contributed by atoms with Gasteiger partial charge < -0.3 is 14.6 Å². The molecule has 0 radical (unpaired) electrons. The highest BCUT2D eigenvalue weighted by Gasteiger charge is 1.83. The molecule has 0 aliphatic carbocycles. The van der Waals surface area contributed by atoms with E-state index in [1.165, 1.54) is 0 Å². The zero-order chi connectivity index (χ0) is 9.11. The van der Waals surface area contributed by atoms with Gasteiger partial charge in [-0.2, -0.15) is 0 Å². The van der Waals surface area contributed by atoms with Crippen molar-refractivity contribution in [2.75, 3.05) is 20.3 Å². The van der Waals surface area contributed by atoms with Gasteiger partial charge in [0, 0.05) is 13.5 Å². The van der Waals surface area contributed by atoms with Crippen molar-refractivity contribution in [3.8, 4) is 0 Å². The predicted molar refractivity (Wildman–Crippen MR) is 44.6 cm³/mol. The number of Topliss-reactive ketones (excluding diaryl/α,β-unsaturated/α-hetero) is 1. The molecule has 0 aliphatic heterocycles. The lowest BCUT2D eigenvalue weighted by atomic mass is 10.3. The van der Waals surface area contributed by atoms with E-state index in [1.807, 2.05) is 6.92 Å². The van der Waals surface area contributed by atoms with Gasteiger partial charge in [-0.05, 0) is 13.3 Å². The molecule has 11 heavy (non-hydrogen) atoms. The second-order valence-electron chi connectivity index (χ2n) is 2.17. The maximum absolute atomic E-state index is 10.0. The summed E-state index contributed by atoms with van der Waals surface area (Å²) >= 11 is 0. The van der Waals surface area contributed by atoms with E-state index in [1.54, 1.807) is 14.0 Å². The Morgan fingerprint density at radius 1 is 1.55 bits per heavy atom. The Balaban J connectivity index is 0. The molecule has 0 unspecified atom stereocenters. The fraction of sp³-hybridized carbons (Fsp3) is 0.875. The zero-order valence-corrected chi connectivity index (χ0v) is 7.59. The van der Waals surface area contributed by atoms with Crippen LogP contribution in [0.1, 0.15) is 26.7 Å². The molecule has 1 N–H and O–H groups in total. The molecule has 0 atom stereocenters. The Kier molecular flexibility index (Phi) is 14.7. The summed E-state index contributed by atoms with van der Waals surface area (Å²) in [5, 5.41) is 7.94. The van der Waals surface area contributed by atoms with Gasteiger partial charge in [-0.3, -0.25) is 0 Å². The Bertz CT molecular complexity index is 79.4. The van der Waals surface area contributed by atoms with Crippen LogP contribution < -0.4 is 0 Å². The molecular formula is C8H18O3. The minimum atomic E-state index is 0.122. The lowest BCUT2D eigenvalue weighted by molar-refractivity contribution is -0.117. The quantitative estimate of drug-likeness (QED) is 0.670. The van der Waals surface area contributed by atoms with Gasteiger partial charge in [0.25, 0.3) is 0 Å². The molecule has 0 saturated heterocycles. The first kappa shape index (κ1) is 13.2. The third-order valence-electron chi connectivity index (χ3n) is 0.897. The van der Waals surface area contributed by atoms with Gasteiger partial charge in [-0.15, -0.1) is 0 Å². The van der Waals surface area contributed by atoms with Crippen LogP contribution in [0.4, 0.5) is 0 Å². The molecule has 0 aromatic heterocycles. The molecule has 0 amide bonds. The molecule has 0 rings (SSSR count). The van der Waals surface area contributed by atoms with Crippen molar-refractivity contribution >= 4 is 5.78 Å². The van der Waals surface area contributed by atoms with Crippen molar-refractivity contribution < 1.29 is 14.6 Å². The summed E-state index contributed by atoms with van der Waals surface area (Å²) < 4.78 is 4.44. The average molecular weight is 162 g/mol. The first-order valence-electron chi connectivity index (χ1n) is 3.78. The zero-order valence-electron chi connectivity index (χ0n) is 7.59. The summed E-state index contributed by atoms with van der Waals surface area (Å²) in [6, 6.07) is 0. The van der Waals surface area contributed by atoms with Crippen LogP contribution in [0.2, 0.25) is 0 Å². The van der Waals surface area contributed by atoms with Gasteiger partial charge in [0.05, 0.1) is 13.2 Å². The summed E-state index contributed by atoms with van der Waals surface area (Å²) in [5.74, 6) is 0.289. The van der Waals surface area contributed by atoms with E-state index < -0.39 is 0 Å². The highest BCUT2D eigenvalue weighted by Crippen LogP contribution is 1.84. The number of carbonyl (C=O) groups excluding carboxylic acids is 1. The van der Waals surface area contributed by atoms with Crippen molar-refractivity contribution in [2.45, 2.75) is 26.7 Å². The van der Waals surface area contributed by atoms with E-state index >= 15 is 0 Å². The second kappa shape index (κ2) is 12.3. The number of ether oxygens (including phenoxy) is 1. The molecule has 68 valence electrons. The van der Waals surface area contributed by atoms with E-state index in [9.17, 15) is 4.79 Å². The van der Waals surface area contributed by atoms with Crippen molar-refractivity contribution in [1.29, 1.82) is 0 Å². The van der Waals surface area contributed by atoms with Crippen molar-refractivity contribution in [3.05, 3.63) is 0 Å². The monoisotopic (exact) mass is 162 g/mol. The van der Waals surface area contributed by atoms with Gasteiger partial charge in [0.2, 0.25) is 0 Å². The summed E-state index contributed by atoms with van der Waals surface area (Å²) in [6.45, 7) is 4.18. The Hall–Kier alpha value is -0.410. The standard InChI is InChI=1S/C5H10O.C3H8O2/c1-3-4-5(2)6;1-5-3-2-4/h3-4H2,1-2H3;4H,2-3H2,1H3. The minimum absolute atomic E-state index is 0.122. The smallest absolute Gasteiger partial charge is 0.129 e. The lowest BCUT2D eigenvalue weighted by Gasteiger charge is -1.84. The number of hydrogen-bond acceptors (Lipinski definition) is 3. The van der Waals surface area contributed by atoms with Crippen LogP contribution in [0.5, 0.6) is 0 Å². The molecular weight excluding hydrogens is 144 g/mol. The second-order valence-corrected chi connectivity index (χ2v) is 2.17. The SMILES string of the molecule is CCCC(C)=O.COCCO. The van der Waals surface area contributed by atoms with E-state index in [2.05, 4.69) is 4.74 Å². The third kappa shape index (κ3) is 26.2. The van der Waals surface area contributed by atoms with Gasteiger partial charge in [-0.25, -0.2) is 0 Å². The van der Waals surface area contributed by atoms with Crippen LogP contribution >= 0.6 is 0 Å². The number of aliphatic hydroxyl groups excluding tert-OH is 1. The van der Waals surface area contributed by atoms with Gasteiger partial charge in [-0.1, -0.05) is 6.92 Å². The summed E-state index contributed by atoms with van der Waals surface area (Å²) in [6.07, 6.45) is 1.72. The number of hydrogen-bond donors (Lipinski definition) is 1. The van der Waals surface area contributed by atoms with Crippen LogP contribution in [-0.2, 0) is 9.53 Å². The molecule has 0 aliphatic rings. The normalized spacial score (nSPS) is 8.36. The van der Waals surface area contributed by atoms with Crippen LogP contribution in [-0.4, -0.2) is 31.2 Å². The largest absolute Gasteiger partial charge is 0.394 e. The van der Waals surface area contributed by atoms with E-state index in [4.69, 9.17) is 5.11 Å². The topological polar surface area (TPSA) is 46.5 Å². The molecule has 3 heteroatoms. The van der Waals surface area contributed by atoms with Gasteiger partial charge >= 0.3 is 0 Å². The van der Waals surface area contributed by atoms with Crippen molar-refractivity contribution in [1.82, 2.24) is 0 Å². The first-order valence-corrected chi connectivity index (χ1v) is 3.78. The fourth-order valence-corrected chi connectivity index (χ4v) is 0.443. The van der Waals surface area contributed by atoms with Crippen LogP contribution in [0.3, 0.4) is 0 Å². The average Bonchev–Trinajstić information content (AvgIpc) is 1.90. The number of ketones is 1. The summed E-state index contributed by atoms with van der Waals surface area (Å²) in [7, 11) is 1.55. The Morgan fingerprint density at radius 2 is 2.09 bits per heavy atom. The maximum atomic E-state index is 10.0. The number of methoxy groups -OCH3 is 1. The highest BCUT2D eigenvalue weighted by molar-refractivity contribution is 5.75. The molecule has 0 bridgehead atoms. The molecule has 0 aromatic rings. The molecule has 0 aromatic carbocycles. The lowest BCUT2D eigenvalue weighted by Crippen LogP contribution is -1.91. The third-order valence-corrected chi connectivity index (χ3v) is 0.897. The van der Waals surface area contributed by atoms with Crippen LogP contribution in [0.15, 0.2) is 0 Å². The highest BCUT2D eigenvalue weighted by atomic mass is 16.5. The van der Waals surface area contributed by atoms with Crippen LogP contribution in [0, 0.1) is 0 Å². The molecule has 0 spiro atoms. The van der Waals surface area contributed by atoms with Gasteiger partial charge in [0.15, 0.2) is 0 Å². The number of aliphatic hydroxyl groups is 1. The number of rotatable bonds is 4.